The molecule has 0 saturated carbocycles. The van der Waals surface area contributed by atoms with E-state index in [9.17, 15) is 13.6 Å². The van der Waals surface area contributed by atoms with Crippen molar-refractivity contribution in [2.75, 3.05) is 62.5 Å². The molecule has 10 heteroatoms. The maximum Gasteiger partial charge on any atom is 0.258 e. The van der Waals surface area contributed by atoms with E-state index in [2.05, 4.69) is 37.7 Å². The third-order valence-electron chi connectivity index (χ3n) is 7.28. The highest BCUT2D eigenvalue weighted by atomic mass is 19.1. The van der Waals surface area contributed by atoms with Crippen molar-refractivity contribution in [3.63, 3.8) is 0 Å². The lowest BCUT2D eigenvalue weighted by Crippen LogP contribution is -2.44. The molecule has 2 heterocycles. The van der Waals surface area contributed by atoms with Crippen molar-refractivity contribution in [2.45, 2.75) is 25.8 Å². The van der Waals surface area contributed by atoms with Crippen molar-refractivity contribution in [3.05, 3.63) is 82.9 Å². The fraction of sp³-hybridized carbons (Fsp3) is 0.355. The highest BCUT2D eigenvalue weighted by molar-refractivity contribution is 6.11. The van der Waals surface area contributed by atoms with Gasteiger partial charge in [0.2, 0.25) is 0 Å². The van der Waals surface area contributed by atoms with Crippen molar-refractivity contribution in [1.82, 2.24) is 15.1 Å². The number of carbonyl (C=O) groups is 1. The molecule has 1 fully saturated rings. The van der Waals surface area contributed by atoms with E-state index in [1.165, 1.54) is 12.1 Å². The van der Waals surface area contributed by atoms with Gasteiger partial charge in [0.05, 0.1) is 23.2 Å². The first-order chi connectivity index (χ1) is 19.6. The van der Waals surface area contributed by atoms with Crippen molar-refractivity contribution in [2.24, 2.45) is 0 Å². The molecule has 0 spiro atoms. The minimum Gasteiger partial charge on any atom is -0.382 e. The Bertz CT molecular complexity index is 1520. The lowest BCUT2D eigenvalue weighted by molar-refractivity contribution is 0.102. The first kappa shape index (κ1) is 28.5. The topological polar surface area (TPSA) is 85.5 Å². The lowest BCUT2D eigenvalue weighted by atomic mass is 10.0. The number of methoxy groups -OCH3 is 1. The molecule has 1 aliphatic heterocycles. The van der Waals surface area contributed by atoms with Crippen molar-refractivity contribution < 1.29 is 18.3 Å². The van der Waals surface area contributed by atoms with Crippen molar-refractivity contribution in [1.29, 1.82) is 0 Å². The Hall–Kier alpha value is -4.02. The van der Waals surface area contributed by atoms with Gasteiger partial charge in [-0.2, -0.15) is 5.10 Å². The van der Waals surface area contributed by atoms with E-state index >= 15 is 0 Å². The number of hydrogen-bond acceptors (Lipinski definition) is 6. The number of halogens is 2. The molecule has 1 aliphatic rings. The number of anilines is 3. The monoisotopic (exact) mass is 562 g/mol. The van der Waals surface area contributed by atoms with Gasteiger partial charge in [-0.15, -0.1) is 0 Å². The summed E-state index contributed by atoms with van der Waals surface area (Å²) in [5, 5.41) is 14.5. The third-order valence-corrected chi connectivity index (χ3v) is 7.28. The first-order valence-corrected chi connectivity index (χ1v) is 13.7. The number of ether oxygens (including phenoxy) is 1. The Morgan fingerprint density at radius 1 is 1.00 bits per heavy atom. The summed E-state index contributed by atoms with van der Waals surface area (Å²) in [5.74, 6) is -1.16. The van der Waals surface area contributed by atoms with Crippen LogP contribution in [-0.4, -0.2) is 73.5 Å². The summed E-state index contributed by atoms with van der Waals surface area (Å²) in [6, 6.07) is 14.9. The molecule has 4 aromatic rings. The number of benzene rings is 3. The number of nitrogens with zero attached hydrogens (tertiary/aromatic N) is 3. The molecular formula is C31H36F2N6O2. The van der Waals surface area contributed by atoms with E-state index in [-0.39, 0.29) is 5.91 Å². The number of hydrogen-bond donors (Lipinski definition) is 3. The van der Waals surface area contributed by atoms with E-state index in [0.29, 0.717) is 41.0 Å². The van der Waals surface area contributed by atoms with Gasteiger partial charge < -0.3 is 25.2 Å². The van der Waals surface area contributed by atoms with E-state index in [1.807, 2.05) is 50.2 Å². The molecule has 0 radical (unpaired) electrons. The first-order valence-electron chi connectivity index (χ1n) is 13.7. The summed E-state index contributed by atoms with van der Waals surface area (Å²) >= 11 is 0. The smallest absolute Gasteiger partial charge is 0.258 e. The summed E-state index contributed by atoms with van der Waals surface area (Å²) in [6.45, 7) is 8.27. The molecule has 1 saturated heterocycles. The Balaban J connectivity index is 1.42. The van der Waals surface area contributed by atoms with Gasteiger partial charge in [0.1, 0.15) is 11.6 Å². The highest BCUT2D eigenvalue weighted by Crippen LogP contribution is 2.30. The zero-order chi connectivity index (χ0) is 29.1. The average molecular weight is 563 g/mol. The third kappa shape index (κ3) is 6.83. The Kier molecular flexibility index (Phi) is 8.23. The highest BCUT2D eigenvalue weighted by Gasteiger charge is 2.24. The van der Waals surface area contributed by atoms with E-state index in [1.54, 1.807) is 7.11 Å². The Morgan fingerprint density at radius 3 is 2.44 bits per heavy atom. The number of carbonyl (C=O) groups excluding carboxylic acids is 1. The van der Waals surface area contributed by atoms with E-state index in [0.717, 1.165) is 49.0 Å². The van der Waals surface area contributed by atoms with Crippen LogP contribution in [0, 0.1) is 11.6 Å². The fourth-order valence-corrected chi connectivity index (χ4v) is 5.25. The van der Waals surface area contributed by atoms with Crippen LogP contribution >= 0.6 is 0 Å². The van der Waals surface area contributed by atoms with Crippen molar-refractivity contribution in [3.8, 4) is 0 Å². The molecule has 0 atom stereocenters. The Morgan fingerprint density at radius 2 is 1.73 bits per heavy atom. The predicted molar refractivity (Wildman–Crippen MR) is 159 cm³/mol. The quantitative estimate of drug-likeness (QED) is 0.258. The van der Waals surface area contributed by atoms with Crippen molar-refractivity contribution >= 4 is 34.0 Å². The largest absolute Gasteiger partial charge is 0.382 e. The van der Waals surface area contributed by atoms with Gasteiger partial charge >= 0.3 is 0 Å². The number of likely N-dealkylation sites (N-methyl/N-ethyl adjacent to an activating group) is 1. The van der Waals surface area contributed by atoms with Gasteiger partial charge in [0.25, 0.3) is 5.91 Å². The average Bonchev–Trinajstić information content (AvgIpc) is 3.30. The number of nitrogens with one attached hydrogen (secondary N) is 3. The summed E-state index contributed by atoms with van der Waals surface area (Å²) in [5.41, 5.74) is 3.90. The number of H-pyrrole nitrogens is 1. The van der Waals surface area contributed by atoms with Gasteiger partial charge in [-0.05, 0) is 80.9 Å². The number of rotatable bonds is 9. The van der Waals surface area contributed by atoms with Gasteiger partial charge in [0.15, 0.2) is 5.82 Å². The lowest BCUT2D eigenvalue weighted by Gasteiger charge is -2.35. The van der Waals surface area contributed by atoms with Crippen LogP contribution in [0.3, 0.4) is 0 Å². The molecule has 8 nitrogen and oxygen atoms in total. The van der Waals surface area contributed by atoms with E-state index < -0.39 is 17.2 Å². The number of fused-ring (bicyclic) bond motifs is 1. The van der Waals surface area contributed by atoms with Crippen LogP contribution in [0.2, 0.25) is 0 Å². The summed E-state index contributed by atoms with van der Waals surface area (Å²) < 4.78 is 32.8. The summed E-state index contributed by atoms with van der Waals surface area (Å²) in [7, 11) is 3.77. The molecule has 1 aromatic heterocycles. The number of aromatic nitrogens is 2. The van der Waals surface area contributed by atoms with E-state index in [4.69, 9.17) is 4.74 Å². The molecule has 0 aliphatic carbocycles. The van der Waals surface area contributed by atoms with Crippen LogP contribution < -0.4 is 15.5 Å². The molecule has 41 heavy (non-hydrogen) atoms. The molecule has 1 amide bonds. The standard InChI is InChI=1S/C31H36F2N6O2/c1-31(2,19-41-4)35-28-18-24(39-11-9-38(3)10-12-39)6-7-25(28)30(40)34-29-26-16-20(5-8-27(26)36-37-29)13-21-14-22(32)17-23(33)15-21/h5-8,14-18,35H,9-13,19H2,1-4H3,(H2,34,36,37,40). The second-order valence-corrected chi connectivity index (χ2v) is 11.3. The SMILES string of the molecule is COCC(C)(C)Nc1cc(N2CCN(C)CC2)ccc1C(=O)Nc1n[nH]c2ccc(Cc3cc(F)cc(F)c3)cc12. The number of piperazine rings is 1. The molecule has 3 aromatic carbocycles. The molecule has 3 N–H and O–H groups in total. The maximum absolute atomic E-state index is 13.7. The number of amides is 1. The minimum absolute atomic E-state index is 0.309. The molecule has 0 bridgehead atoms. The van der Waals surface area contributed by atoms with Crippen LogP contribution in [0.4, 0.5) is 26.0 Å². The van der Waals surface area contributed by atoms with Gasteiger partial charge in [-0.1, -0.05) is 6.07 Å². The van der Waals surface area contributed by atoms with Crippen LogP contribution in [-0.2, 0) is 11.2 Å². The van der Waals surface area contributed by atoms with Crippen LogP contribution in [0.1, 0.15) is 35.3 Å². The van der Waals surface area contributed by atoms with Crippen LogP contribution in [0.15, 0.2) is 54.6 Å². The van der Waals surface area contributed by atoms with Gasteiger partial charge in [-0.3, -0.25) is 9.89 Å². The van der Waals surface area contributed by atoms with Gasteiger partial charge in [0, 0.05) is 56.1 Å². The molecule has 5 rings (SSSR count). The summed E-state index contributed by atoms with van der Waals surface area (Å²) in [4.78, 5) is 18.3. The zero-order valence-electron chi connectivity index (χ0n) is 23.9. The van der Waals surface area contributed by atoms with Crippen LogP contribution in [0.25, 0.3) is 10.9 Å². The normalized spacial score (nSPS) is 14.4. The summed E-state index contributed by atoms with van der Waals surface area (Å²) in [6.07, 6.45) is 0.333. The second kappa shape index (κ2) is 11.8. The number of aromatic amines is 1. The zero-order valence-corrected chi connectivity index (χ0v) is 23.9. The maximum atomic E-state index is 13.7. The van der Waals surface area contributed by atoms with Gasteiger partial charge in [-0.25, -0.2) is 8.78 Å². The second-order valence-electron chi connectivity index (χ2n) is 11.3. The molecule has 0 unspecified atom stereocenters. The minimum atomic E-state index is -0.617. The van der Waals surface area contributed by atoms with Crippen LogP contribution in [0.5, 0.6) is 0 Å². The Labute approximate surface area is 238 Å². The molecule has 216 valence electrons. The predicted octanol–water partition coefficient (Wildman–Crippen LogP) is 5.27. The fourth-order valence-electron chi connectivity index (χ4n) is 5.25. The molecular weight excluding hydrogens is 526 g/mol.